The number of aryl methyl sites for hydroxylation is 1. The Kier molecular flexibility index (Phi) is 5.74. The van der Waals surface area contributed by atoms with Crippen LogP contribution in [0.4, 0.5) is 0 Å². The SMILES string of the molecule is CC[C@H](Oc1ccc2c3c(c(=O)oc2c1)CCCC3)C(=O)N1CC[C@@]2(O)CCCC[C@H]2C1. The lowest BCUT2D eigenvalue weighted by Gasteiger charge is -2.47. The fourth-order valence-electron chi connectivity index (χ4n) is 5.95. The van der Waals surface area contributed by atoms with Gasteiger partial charge in [-0.3, -0.25) is 4.79 Å². The zero-order chi connectivity index (χ0) is 22.3. The van der Waals surface area contributed by atoms with E-state index in [1.165, 1.54) is 0 Å². The maximum Gasteiger partial charge on any atom is 0.339 e. The fourth-order valence-corrected chi connectivity index (χ4v) is 5.95. The van der Waals surface area contributed by atoms with Crippen LogP contribution >= 0.6 is 0 Å². The normalized spacial score (nSPS) is 26.3. The quantitative estimate of drug-likeness (QED) is 0.729. The third-order valence-corrected chi connectivity index (χ3v) is 7.86. The molecular weight excluding hydrogens is 406 g/mol. The van der Waals surface area contributed by atoms with Gasteiger partial charge >= 0.3 is 5.63 Å². The molecule has 0 radical (unpaired) electrons. The van der Waals surface area contributed by atoms with Crippen molar-refractivity contribution < 1.29 is 19.1 Å². The highest BCUT2D eigenvalue weighted by atomic mass is 16.5. The minimum atomic E-state index is -0.605. The summed E-state index contributed by atoms with van der Waals surface area (Å²) in [6.45, 7) is 3.12. The number of hydrogen-bond donors (Lipinski definition) is 1. The monoisotopic (exact) mass is 439 g/mol. The van der Waals surface area contributed by atoms with E-state index in [9.17, 15) is 14.7 Å². The summed E-state index contributed by atoms with van der Waals surface area (Å²) in [5.74, 6) is 0.683. The molecule has 1 aromatic carbocycles. The standard InChI is InChI=1S/C26H33NO5/c1-2-22(24(28)27-14-13-26(30)12-6-5-7-17(26)16-27)31-18-10-11-20-19-8-3-4-9-21(19)25(29)32-23(20)15-18/h10-11,15,17,22,30H,2-9,12-14,16H2,1H3/t17-,22-,26-/m0/s1. The van der Waals surface area contributed by atoms with E-state index in [2.05, 4.69) is 0 Å². The summed E-state index contributed by atoms with van der Waals surface area (Å²) < 4.78 is 11.7. The van der Waals surface area contributed by atoms with Gasteiger partial charge in [0.15, 0.2) is 6.10 Å². The number of nitrogens with zero attached hydrogens (tertiary/aromatic N) is 1. The topological polar surface area (TPSA) is 80.0 Å². The summed E-state index contributed by atoms with van der Waals surface area (Å²) in [7, 11) is 0. The summed E-state index contributed by atoms with van der Waals surface area (Å²) in [5, 5.41) is 11.9. The first-order valence-corrected chi connectivity index (χ1v) is 12.2. The molecule has 2 fully saturated rings. The maximum absolute atomic E-state index is 13.3. The number of ether oxygens (including phenoxy) is 1. The highest BCUT2D eigenvalue weighted by molar-refractivity contribution is 5.84. The van der Waals surface area contributed by atoms with Crippen molar-refractivity contribution in [3.8, 4) is 5.75 Å². The highest BCUT2D eigenvalue weighted by Gasteiger charge is 2.44. The zero-order valence-corrected chi connectivity index (χ0v) is 18.9. The minimum absolute atomic E-state index is 0.0212. The number of amides is 1. The lowest BCUT2D eigenvalue weighted by Crippen LogP contribution is -2.56. The smallest absolute Gasteiger partial charge is 0.339 e. The first-order valence-electron chi connectivity index (χ1n) is 12.2. The average Bonchev–Trinajstić information content (AvgIpc) is 2.81. The van der Waals surface area contributed by atoms with Gasteiger partial charge in [0.1, 0.15) is 11.3 Å². The number of aliphatic hydroxyl groups is 1. The first kappa shape index (κ1) is 21.5. The molecule has 32 heavy (non-hydrogen) atoms. The molecule has 1 saturated heterocycles. The van der Waals surface area contributed by atoms with E-state index >= 15 is 0 Å². The number of likely N-dealkylation sites (tertiary alicyclic amines) is 1. The Morgan fingerprint density at radius 1 is 1.22 bits per heavy atom. The van der Waals surface area contributed by atoms with E-state index in [1.807, 2.05) is 24.0 Å². The van der Waals surface area contributed by atoms with Crippen LogP contribution in [0.5, 0.6) is 5.75 Å². The van der Waals surface area contributed by atoms with E-state index in [-0.39, 0.29) is 17.5 Å². The summed E-state index contributed by atoms with van der Waals surface area (Å²) in [6, 6.07) is 5.58. The third-order valence-electron chi connectivity index (χ3n) is 7.86. The van der Waals surface area contributed by atoms with Gasteiger partial charge < -0.3 is 19.2 Å². The van der Waals surface area contributed by atoms with Crippen molar-refractivity contribution in [2.24, 2.45) is 5.92 Å². The third kappa shape index (κ3) is 3.83. The van der Waals surface area contributed by atoms with Crippen molar-refractivity contribution in [3.63, 3.8) is 0 Å². The molecular formula is C26H33NO5. The fraction of sp³-hybridized carbons (Fsp3) is 0.615. The number of carbonyl (C=O) groups is 1. The summed E-state index contributed by atoms with van der Waals surface area (Å²) in [6.07, 6.45) is 8.42. The molecule has 172 valence electrons. The Hall–Kier alpha value is -2.34. The van der Waals surface area contributed by atoms with E-state index in [0.717, 1.165) is 67.9 Å². The van der Waals surface area contributed by atoms with Gasteiger partial charge in [-0.05, 0) is 69.1 Å². The second-order valence-corrected chi connectivity index (χ2v) is 9.81. The second kappa shape index (κ2) is 8.54. The van der Waals surface area contributed by atoms with Crippen LogP contribution in [-0.2, 0) is 17.6 Å². The summed E-state index contributed by atoms with van der Waals surface area (Å²) in [5.41, 5.74) is 1.59. The second-order valence-electron chi connectivity index (χ2n) is 9.81. The van der Waals surface area contributed by atoms with E-state index < -0.39 is 11.7 Å². The van der Waals surface area contributed by atoms with Gasteiger partial charge in [0, 0.05) is 36.0 Å². The molecule has 3 atom stereocenters. The Morgan fingerprint density at radius 2 is 2.03 bits per heavy atom. The van der Waals surface area contributed by atoms with Gasteiger partial charge in [-0.25, -0.2) is 4.79 Å². The zero-order valence-electron chi connectivity index (χ0n) is 18.9. The molecule has 1 aromatic heterocycles. The average molecular weight is 440 g/mol. The maximum atomic E-state index is 13.3. The van der Waals surface area contributed by atoms with Crippen molar-refractivity contribution in [1.82, 2.24) is 4.90 Å². The van der Waals surface area contributed by atoms with Crippen LogP contribution in [0.2, 0.25) is 0 Å². The van der Waals surface area contributed by atoms with E-state index in [1.54, 1.807) is 6.07 Å². The van der Waals surface area contributed by atoms with E-state index in [0.29, 0.717) is 37.3 Å². The van der Waals surface area contributed by atoms with Crippen molar-refractivity contribution >= 4 is 16.9 Å². The molecule has 5 rings (SSSR count). The van der Waals surface area contributed by atoms with Crippen LogP contribution in [0.15, 0.2) is 27.4 Å². The van der Waals surface area contributed by atoms with Crippen LogP contribution < -0.4 is 10.4 Å². The predicted molar refractivity (Wildman–Crippen MR) is 122 cm³/mol. The molecule has 6 heteroatoms. The van der Waals surface area contributed by atoms with Crippen LogP contribution in [0, 0.1) is 5.92 Å². The Balaban J connectivity index is 1.34. The van der Waals surface area contributed by atoms with Crippen LogP contribution in [0.3, 0.4) is 0 Å². The van der Waals surface area contributed by atoms with Gasteiger partial charge in [0.25, 0.3) is 5.91 Å². The number of benzene rings is 1. The molecule has 3 aliphatic rings. The molecule has 2 aliphatic carbocycles. The summed E-state index contributed by atoms with van der Waals surface area (Å²) in [4.78, 5) is 27.6. The molecule has 1 amide bonds. The first-order chi connectivity index (χ1) is 15.5. The van der Waals surface area contributed by atoms with Crippen molar-refractivity contribution in [2.45, 2.75) is 82.8 Å². The lowest BCUT2D eigenvalue weighted by atomic mass is 9.71. The van der Waals surface area contributed by atoms with Gasteiger partial charge in [-0.2, -0.15) is 0 Å². The lowest BCUT2D eigenvalue weighted by molar-refractivity contribution is -0.150. The number of hydrogen-bond acceptors (Lipinski definition) is 5. The Bertz CT molecular complexity index is 1080. The molecule has 1 saturated carbocycles. The molecule has 6 nitrogen and oxygen atoms in total. The number of piperidine rings is 1. The van der Waals surface area contributed by atoms with Crippen molar-refractivity contribution in [2.75, 3.05) is 13.1 Å². The van der Waals surface area contributed by atoms with E-state index in [4.69, 9.17) is 9.15 Å². The summed E-state index contributed by atoms with van der Waals surface area (Å²) >= 11 is 0. The largest absolute Gasteiger partial charge is 0.480 e. The Morgan fingerprint density at radius 3 is 2.84 bits per heavy atom. The van der Waals surface area contributed by atoms with Gasteiger partial charge in [-0.1, -0.05) is 19.8 Å². The van der Waals surface area contributed by atoms with Crippen molar-refractivity contribution in [1.29, 1.82) is 0 Å². The number of carbonyl (C=O) groups excluding carboxylic acids is 1. The van der Waals surface area contributed by atoms with Gasteiger partial charge in [0.2, 0.25) is 0 Å². The number of rotatable bonds is 4. The van der Waals surface area contributed by atoms with Crippen LogP contribution in [0.1, 0.15) is 69.4 Å². The molecule has 0 unspecified atom stereocenters. The Labute approximate surface area is 188 Å². The molecule has 0 bridgehead atoms. The molecule has 2 heterocycles. The molecule has 2 aromatic rings. The highest BCUT2D eigenvalue weighted by Crippen LogP contribution is 2.40. The molecule has 1 aliphatic heterocycles. The van der Waals surface area contributed by atoms with Crippen LogP contribution in [0.25, 0.3) is 11.0 Å². The van der Waals surface area contributed by atoms with Gasteiger partial charge in [0.05, 0.1) is 5.60 Å². The van der Waals surface area contributed by atoms with Gasteiger partial charge in [-0.15, -0.1) is 0 Å². The number of fused-ring (bicyclic) bond motifs is 4. The molecule has 0 spiro atoms. The van der Waals surface area contributed by atoms with Crippen molar-refractivity contribution in [3.05, 3.63) is 39.7 Å². The van der Waals surface area contributed by atoms with Crippen LogP contribution in [-0.4, -0.2) is 40.7 Å². The molecule has 1 N–H and O–H groups in total. The minimum Gasteiger partial charge on any atom is -0.480 e. The predicted octanol–water partition coefficient (Wildman–Crippen LogP) is 3.98.